The molecule has 292 valence electrons. The van der Waals surface area contributed by atoms with Gasteiger partial charge in [0.1, 0.15) is 11.2 Å². The zero-order chi connectivity index (χ0) is 41.2. The first-order valence-corrected chi connectivity index (χ1v) is 21.7. The second-order valence-corrected chi connectivity index (χ2v) is 17.6. The van der Waals surface area contributed by atoms with E-state index in [-0.39, 0.29) is 5.41 Å². The maximum atomic E-state index is 6.30. The number of hydrogen-bond donors (Lipinski definition) is 0. The van der Waals surface area contributed by atoms with Gasteiger partial charge in [-0.2, -0.15) is 0 Å². The summed E-state index contributed by atoms with van der Waals surface area (Å²) < 4.78 is 6.30. The second-order valence-electron chi connectivity index (χ2n) is 17.6. The average molecular weight is 792 g/mol. The highest BCUT2D eigenvalue weighted by atomic mass is 16.3. The first-order chi connectivity index (χ1) is 30.5. The van der Waals surface area contributed by atoms with Crippen molar-refractivity contribution in [2.24, 2.45) is 0 Å². The molecule has 62 heavy (non-hydrogen) atoms. The van der Waals surface area contributed by atoms with Crippen molar-refractivity contribution in [3.05, 3.63) is 245 Å². The van der Waals surface area contributed by atoms with Gasteiger partial charge in [0.15, 0.2) is 0 Å². The maximum absolute atomic E-state index is 6.30. The van der Waals surface area contributed by atoms with Gasteiger partial charge in [0.25, 0.3) is 0 Å². The number of benzene rings is 9. The molecule has 0 aliphatic heterocycles. The number of furan rings is 1. The zero-order valence-corrected chi connectivity index (χ0v) is 34.6. The highest BCUT2D eigenvalue weighted by molar-refractivity contribution is 6.06. The molecule has 0 atom stereocenters. The molecular formula is C60H41NO. The molecule has 13 rings (SSSR count). The van der Waals surface area contributed by atoms with Crippen LogP contribution in [0.15, 0.2) is 205 Å². The molecule has 0 saturated heterocycles. The third-order valence-corrected chi connectivity index (χ3v) is 14.1. The zero-order valence-electron chi connectivity index (χ0n) is 34.6. The van der Waals surface area contributed by atoms with Gasteiger partial charge in [0.2, 0.25) is 0 Å². The van der Waals surface area contributed by atoms with Crippen molar-refractivity contribution >= 4 is 51.2 Å². The Morgan fingerprint density at radius 2 is 0.887 bits per heavy atom. The second kappa shape index (κ2) is 12.9. The van der Waals surface area contributed by atoms with Gasteiger partial charge in [0, 0.05) is 33.2 Å². The summed E-state index contributed by atoms with van der Waals surface area (Å²) in [5, 5.41) is 2.23. The lowest BCUT2D eigenvalue weighted by molar-refractivity contribution is 0.660. The SMILES string of the molecule is CC1(C)c2ccccc2-c2ccc(N(c3ccc(-c4ccc5c(c4)-c4ccccc4C54c5ccccc5C=Cc5ccccc54)cc3)c3ccc4oc5ccccc5c4c3)cc21. The molecule has 9 aromatic carbocycles. The molecule has 10 aromatic rings. The van der Waals surface area contributed by atoms with E-state index in [1.54, 1.807) is 0 Å². The number of rotatable bonds is 4. The van der Waals surface area contributed by atoms with Crippen molar-refractivity contribution in [3.8, 4) is 33.4 Å². The van der Waals surface area contributed by atoms with Crippen LogP contribution in [0.1, 0.15) is 58.4 Å². The summed E-state index contributed by atoms with van der Waals surface area (Å²) in [5.41, 5.74) is 22.7. The molecule has 0 bridgehead atoms. The van der Waals surface area contributed by atoms with E-state index in [1.807, 2.05) is 6.07 Å². The number of hydrogen-bond acceptors (Lipinski definition) is 2. The minimum absolute atomic E-state index is 0.121. The summed E-state index contributed by atoms with van der Waals surface area (Å²) in [4.78, 5) is 2.40. The summed E-state index contributed by atoms with van der Waals surface area (Å²) in [6.07, 6.45) is 4.58. The number of para-hydroxylation sites is 1. The minimum Gasteiger partial charge on any atom is -0.456 e. The Balaban J connectivity index is 0.955. The van der Waals surface area contributed by atoms with Gasteiger partial charge >= 0.3 is 0 Å². The predicted octanol–water partition coefficient (Wildman–Crippen LogP) is 15.9. The summed E-state index contributed by atoms with van der Waals surface area (Å²) >= 11 is 0. The summed E-state index contributed by atoms with van der Waals surface area (Å²) in [7, 11) is 0. The van der Waals surface area contributed by atoms with Crippen molar-refractivity contribution in [3.63, 3.8) is 0 Å². The van der Waals surface area contributed by atoms with Crippen LogP contribution < -0.4 is 4.90 Å². The Bertz CT molecular complexity index is 3460. The van der Waals surface area contributed by atoms with Crippen LogP contribution in [0.25, 0.3) is 67.5 Å². The minimum atomic E-state index is -0.432. The topological polar surface area (TPSA) is 16.4 Å². The number of fused-ring (bicyclic) bond motifs is 15. The highest BCUT2D eigenvalue weighted by Gasteiger charge is 2.48. The third kappa shape index (κ3) is 4.81. The fourth-order valence-corrected chi connectivity index (χ4v) is 11.3. The fourth-order valence-electron chi connectivity index (χ4n) is 11.3. The van der Waals surface area contributed by atoms with Gasteiger partial charge in [-0.05, 0) is 132 Å². The molecule has 1 heterocycles. The van der Waals surface area contributed by atoms with Crippen LogP contribution in [0, 0.1) is 0 Å². The lowest BCUT2D eigenvalue weighted by Crippen LogP contribution is -2.29. The molecular weight excluding hydrogens is 751 g/mol. The monoisotopic (exact) mass is 791 g/mol. The molecule has 0 amide bonds. The average Bonchev–Trinajstić information content (AvgIpc) is 3.87. The van der Waals surface area contributed by atoms with Crippen molar-refractivity contribution in [2.75, 3.05) is 4.90 Å². The number of nitrogens with zero attached hydrogens (tertiary/aromatic N) is 1. The van der Waals surface area contributed by atoms with Crippen LogP contribution >= 0.6 is 0 Å². The van der Waals surface area contributed by atoms with Gasteiger partial charge in [0.05, 0.1) is 5.41 Å². The molecule has 0 N–H and O–H groups in total. The molecule has 1 spiro atoms. The first kappa shape index (κ1) is 35.1. The Hall–Kier alpha value is -7.68. The van der Waals surface area contributed by atoms with Crippen LogP contribution in [0.3, 0.4) is 0 Å². The molecule has 3 aliphatic rings. The van der Waals surface area contributed by atoms with E-state index in [2.05, 4.69) is 225 Å². The molecule has 0 fully saturated rings. The van der Waals surface area contributed by atoms with Gasteiger partial charge in [-0.15, -0.1) is 0 Å². The van der Waals surface area contributed by atoms with Crippen molar-refractivity contribution in [2.45, 2.75) is 24.7 Å². The maximum Gasteiger partial charge on any atom is 0.135 e. The lowest BCUT2D eigenvalue weighted by Gasteiger charge is -2.35. The lowest BCUT2D eigenvalue weighted by atomic mass is 9.66. The standard InChI is InChI=1S/C60H41NO/c1-59(2)53-20-10-5-15-45(53)47-32-30-44(37-56(47)59)61(43-31-34-58-50(36-43)48-17-7-12-22-57(48)62-58)42-28-25-38(26-29-42)41-27-33-55-49(35-41)46-16-6-11-21-54(46)60(55)51-18-8-3-13-39(51)23-24-40-14-4-9-19-52(40)60/h3-37H,1-2H3. The van der Waals surface area contributed by atoms with E-state index in [1.165, 1.54) is 77.9 Å². The summed E-state index contributed by atoms with van der Waals surface area (Å²) in [6, 6.07) is 74.1. The Kier molecular flexibility index (Phi) is 7.31. The third-order valence-electron chi connectivity index (χ3n) is 14.1. The van der Waals surface area contributed by atoms with Crippen molar-refractivity contribution in [1.82, 2.24) is 0 Å². The quantitative estimate of drug-likeness (QED) is 0.177. The Morgan fingerprint density at radius 3 is 1.65 bits per heavy atom. The van der Waals surface area contributed by atoms with Crippen molar-refractivity contribution in [1.29, 1.82) is 0 Å². The van der Waals surface area contributed by atoms with Crippen LogP contribution in [-0.2, 0) is 10.8 Å². The van der Waals surface area contributed by atoms with Gasteiger partial charge < -0.3 is 9.32 Å². The van der Waals surface area contributed by atoms with Gasteiger partial charge in [-0.1, -0.05) is 172 Å². The molecule has 0 saturated carbocycles. The largest absolute Gasteiger partial charge is 0.456 e. The van der Waals surface area contributed by atoms with E-state index in [4.69, 9.17) is 4.42 Å². The first-order valence-electron chi connectivity index (χ1n) is 21.7. The van der Waals surface area contributed by atoms with Crippen LogP contribution in [0.2, 0.25) is 0 Å². The van der Waals surface area contributed by atoms with E-state index in [0.29, 0.717) is 0 Å². The molecule has 2 nitrogen and oxygen atoms in total. The normalized spacial score (nSPS) is 14.5. The smallest absolute Gasteiger partial charge is 0.135 e. The fraction of sp³-hybridized carbons (Fsp3) is 0.0667. The molecule has 0 unspecified atom stereocenters. The summed E-state index contributed by atoms with van der Waals surface area (Å²) in [6.45, 7) is 4.71. The van der Waals surface area contributed by atoms with Crippen molar-refractivity contribution < 1.29 is 4.42 Å². The Morgan fingerprint density at radius 1 is 0.355 bits per heavy atom. The van der Waals surface area contributed by atoms with Crippen LogP contribution in [0.4, 0.5) is 17.1 Å². The Labute approximate surface area is 361 Å². The van der Waals surface area contributed by atoms with Gasteiger partial charge in [-0.3, -0.25) is 0 Å². The molecule has 2 heteroatoms. The van der Waals surface area contributed by atoms with Crippen LogP contribution in [0.5, 0.6) is 0 Å². The predicted molar refractivity (Wildman–Crippen MR) is 258 cm³/mol. The van der Waals surface area contributed by atoms with E-state index in [9.17, 15) is 0 Å². The highest BCUT2D eigenvalue weighted by Crippen LogP contribution is 2.59. The molecule has 1 aromatic heterocycles. The molecule has 3 aliphatic carbocycles. The summed E-state index contributed by atoms with van der Waals surface area (Å²) in [5.74, 6) is 0. The van der Waals surface area contributed by atoms with Gasteiger partial charge in [-0.25, -0.2) is 0 Å². The molecule has 0 radical (unpaired) electrons. The number of anilines is 3. The van der Waals surface area contributed by atoms with E-state index < -0.39 is 5.41 Å². The van der Waals surface area contributed by atoms with Crippen LogP contribution in [-0.4, -0.2) is 0 Å². The van der Waals surface area contributed by atoms with E-state index in [0.717, 1.165) is 39.0 Å². The van der Waals surface area contributed by atoms with E-state index >= 15 is 0 Å².